The summed E-state index contributed by atoms with van der Waals surface area (Å²) < 4.78 is 0. The van der Waals surface area contributed by atoms with Gasteiger partial charge in [-0.25, -0.2) is 9.97 Å². The molecule has 0 aliphatic heterocycles. The number of benzene rings is 5. The van der Waals surface area contributed by atoms with E-state index in [0.29, 0.717) is 5.92 Å². The summed E-state index contributed by atoms with van der Waals surface area (Å²) in [5.41, 5.74) is 10.6. The Morgan fingerprint density at radius 1 is 0.492 bits per heavy atom. The highest BCUT2D eigenvalue weighted by atomic mass is 15.2. The van der Waals surface area contributed by atoms with Crippen LogP contribution >= 0.6 is 0 Å². The molecular formula is C58H63N5. The molecule has 3 aromatic heterocycles. The summed E-state index contributed by atoms with van der Waals surface area (Å²) in [7, 11) is 0. The maximum Gasteiger partial charge on any atom is 0.137 e. The summed E-state index contributed by atoms with van der Waals surface area (Å²) in [6.07, 6.45) is 9.34. The molecule has 0 bridgehead atoms. The van der Waals surface area contributed by atoms with Crippen LogP contribution in [0.15, 0.2) is 158 Å². The molecule has 3 heterocycles. The molecule has 0 atom stereocenters. The molecule has 0 radical (unpaired) electrons. The third-order valence-electron chi connectivity index (χ3n) is 12.5. The van der Waals surface area contributed by atoms with Gasteiger partial charge in [0, 0.05) is 40.9 Å². The van der Waals surface area contributed by atoms with Gasteiger partial charge in [-0.15, -0.1) is 0 Å². The molecule has 0 unspecified atom stereocenters. The first kappa shape index (κ1) is 43.3. The Morgan fingerprint density at radius 2 is 1.06 bits per heavy atom. The topological polar surface area (TPSA) is 45.2 Å². The molecule has 0 saturated heterocycles. The average Bonchev–Trinajstić information content (AvgIpc) is 3.26. The molecule has 63 heavy (non-hydrogen) atoms. The molecule has 320 valence electrons. The third kappa shape index (κ3) is 9.39. The number of para-hydroxylation sites is 1. The lowest BCUT2D eigenvalue weighted by molar-refractivity contribution is 0.424. The summed E-state index contributed by atoms with van der Waals surface area (Å²) in [5, 5.41) is 3.47. The van der Waals surface area contributed by atoms with Crippen molar-refractivity contribution in [2.45, 2.75) is 105 Å². The normalized spacial score (nSPS) is 12.3. The Morgan fingerprint density at radius 3 is 1.65 bits per heavy atom. The zero-order chi connectivity index (χ0) is 44.5. The van der Waals surface area contributed by atoms with Crippen LogP contribution in [0.2, 0.25) is 0 Å². The van der Waals surface area contributed by atoms with Gasteiger partial charge in [0.1, 0.15) is 11.6 Å². The standard InChI is InChI=1S/C58H63N5/c1-40(2)18-16-32-58(9,10)47-35-51(62(48-22-12-11-13-23-48)53-30-27-45(38-60-53)56(3,4)5)55(44-25-24-41-19-14-15-20-43(41)34-44)52(36-47)63(54-31-28-46(39-61-54)57(6,7)8)49-29-26-42-21-17-33-59-50(42)37-49/h11-15,17,19-31,33-40H,16,18,32H2,1-10H3. The SMILES string of the molecule is CC(C)CCCC(C)(C)c1cc(N(c2ccccc2)c2ccc(C(C)(C)C)cn2)c(-c2ccc3ccccc3c2)c(N(c2ccc3cccnc3c2)c2ccc(C(C)(C)C)cn2)c1. The summed E-state index contributed by atoms with van der Waals surface area (Å²) in [6.45, 7) is 22.9. The second-order valence-corrected chi connectivity index (χ2v) is 20.3. The van der Waals surface area contributed by atoms with Crippen LogP contribution in [0.5, 0.6) is 0 Å². The van der Waals surface area contributed by atoms with Crippen LogP contribution in [0, 0.1) is 5.92 Å². The minimum Gasteiger partial charge on any atom is -0.294 e. The van der Waals surface area contributed by atoms with Gasteiger partial charge in [0.2, 0.25) is 0 Å². The molecule has 0 aliphatic carbocycles. The first-order valence-electron chi connectivity index (χ1n) is 22.7. The van der Waals surface area contributed by atoms with E-state index in [1.54, 1.807) is 0 Å². The van der Waals surface area contributed by atoms with Gasteiger partial charge >= 0.3 is 0 Å². The van der Waals surface area contributed by atoms with Crippen LogP contribution in [-0.2, 0) is 16.2 Å². The molecule has 5 aromatic carbocycles. The largest absolute Gasteiger partial charge is 0.294 e. The quantitative estimate of drug-likeness (QED) is 0.123. The summed E-state index contributed by atoms with van der Waals surface area (Å²) >= 11 is 0. The van der Waals surface area contributed by atoms with Crippen molar-refractivity contribution >= 4 is 56.1 Å². The van der Waals surface area contributed by atoms with E-state index in [0.717, 1.165) is 69.3 Å². The van der Waals surface area contributed by atoms with Crippen LogP contribution in [0.25, 0.3) is 32.8 Å². The van der Waals surface area contributed by atoms with Crippen LogP contribution in [-0.4, -0.2) is 15.0 Å². The number of fused-ring (bicyclic) bond motifs is 2. The molecule has 0 saturated carbocycles. The number of hydrogen-bond acceptors (Lipinski definition) is 5. The van der Waals surface area contributed by atoms with Crippen molar-refractivity contribution in [3.63, 3.8) is 0 Å². The zero-order valence-electron chi connectivity index (χ0n) is 38.9. The fraction of sp³-hybridized carbons (Fsp3) is 0.293. The minimum atomic E-state index is -0.174. The lowest BCUT2D eigenvalue weighted by Gasteiger charge is -2.36. The van der Waals surface area contributed by atoms with Crippen LogP contribution in [0.3, 0.4) is 0 Å². The second kappa shape index (κ2) is 17.4. The van der Waals surface area contributed by atoms with Gasteiger partial charge in [-0.2, -0.15) is 0 Å². The molecule has 8 rings (SSSR count). The highest BCUT2D eigenvalue weighted by molar-refractivity contribution is 6.01. The van der Waals surface area contributed by atoms with Gasteiger partial charge in [0.25, 0.3) is 0 Å². The lowest BCUT2D eigenvalue weighted by Crippen LogP contribution is -2.22. The minimum absolute atomic E-state index is 0.0444. The molecule has 0 aliphatic rings. The molecule has 5 heteroatoms. The fourth-order valence-electron chi connectivity index (χ4n) is 8.58. The van der Waals surface area contributed by atoms with Gasteiger partial charge in [0.05, 0.1) is 16.9 Å². The van der Waals surface area contributed by atoms with E-state index in [9.17, 15) is 0 Å². The molecule has 5 nitrogen and oxygen atoms in total. The molecule has 8 aromatic rings. The van der Waals surface area contributed by atoms with Crippen LogP contribution in [0.4, 0.5) is 34.4 Å². The third-order valence-corrected chi connectivity index (χ3v) is 12.5. The number of nitrogens with zero attached hydrogens (tertiary/aromatic N) is 5. The predicted molar refractivity (Wildman–Crippen MR) is 269 cm³/mol. The van der Waals surface area contributed by atoms with Gasteiger partial charge < -0.3 is 0 Å². The van der Waals surface area contributed by atoms with Crippen molar-refractivity contribution in [1.29, 1.82) is 0 Å². The Bertz CT molecular complexity index is 2830. The highest BCUT2D eigenvalue weighted by Gasteiger charge is 2.31. The Labute approximate surface area is 375 Å². The predicted octanol–water partition coefficient (Wildman–Crippen LogP) is 16.5. The van der Waals surface area contributed by atoms with E-state index in [2.05, 4.69) is 225 Å². The van der Waals surface area contributed by atoms with Crippen molar-refractivity contribution in [3.8, 4) is 11.1 Å². The summed E-state index contributed by atoms with van der Waals surface area (Å²) in [6, 6.07) is 50.8. The Balaban J connectivity index is 1.51. The first-order valence-corrected chi connectivity index (χ1v) is 22.7. The molecule has 0 N–H and O–H groups in total. The Kier molecular flexibility index (Phi) is 12.0. The number of hydrogen-bond donors (Lipinski definition) is 0. The fourth-order valence-corrected chi connectivity index (χ4v) is 8.58. The van der Waals surface area contributed by atoms with Crippen molar-refractivity contribution in [1.82, 2.24) is 15.0 Å². The van der Waals surface area contributed by atoms with E-state index in [4.69, 9.17) is 15.0 Å². The van der Waals surface area contributed by atoms with Crippen LogP contribution < -0.4 is 9.80 Å². The van der Waals surface area contributed by atoms with E-state index in [-0.39, 0.29) is 16.2 Å². The van der Waals surface area contributed by atoms with Crippen molar-refractivity contribution in [2.24, 2.45) is 5.92 Å². The number of anilines is 6. The van der Waals surface area contributed by atoms with Gasteiger partial charge in [-0.1, -0.05) is 161 Å². The number of aromatic nitrogens is 3. The monoisotopic (exact) mass is 830 g/mol. The van der Waals surface area contributed by atoms with Gasteiger partial charge in [0.15, 0.2) is 0 Å². The van der Waals surface area contributed by atoms with E-state index >= 15 is 0 Å². The van der Waals surface area contributed by atoms with Gasteiger partial charge in [-0.05, 0) is 122 Å². The maximum atomic E-state index is 5.33. The van der Waals surface area contributed by atoms with E-state index in [1.165, 1.54) is 33.9 Å². The molecule has 0 spiro atoms. The van der Waals surface area contributed by atoms with Gasteiger partial charge in [-0.3, -0.25) is 14.8 Å². The lowest BCUT2D eigenvalue weighted by atomic mass is 9.78. The van der Waals surface area contributed by atoms with Crippen molar-refractivity contribution in [3.05, 3.63) is 175 Å². The second-order valence-electron chi connectivity index (χ2n) is 20.3. The smallest absolute Gasteiger partial charge is 0.137 e. The molecule has 0 fully saturated rings. The van der Waals surface area contributed by atoms with Crippen molar-refractivity contribution in [2.75, 3.05) is 9.80 Å². The molecule has 0 amide bonds. The maximum absolute atomic E-state index is 5.33. The van der Waals surface area contributed by atoms with Crippen LogP contribution in [0.1, 0.15) is 105 Å². The number of rotatable bonds is 12. The average molecular weight is 830 g/mol. The highest BCUT2D eigenvalue weighted by Crippen LogP contribution is 2.51. The first-order chi connectivity index (χ1) is 30.1. The summed E-state index contributed by atoms with van der Waals surface area (Å²) in [5.74, 6) is 2.32. The summed E-state index contributed by atoms with van der Waals surface area (Å²) in [4.78, 5) is 20.2. The van der Waals surface area contributed by atoms with E-state index < -0.39 is 0 Å². The number of pyridine rings is 3. The van der Waals surface area contributed by atoms with Crippen molar-refractivity contribution < 1.29 is 0 Å². The molecular weight excluding hydrogens is 767 g/mol. The zero-order valence-corrected chi connectivity index (χ0v) is 38.9. The Hall–Kier alpha value is -6.33. The van der Waals surface area contributed by atoms with E-state index in [1.807, 2.05) is 12.3 Å².